The number of aromatic nitrogens is 1. The van der Waals surface area contributed by atoms with Gasteiger partial charge in [-0.25, -0.2) is 4.39 Å². The third kappa shape index (κ3) is 1.20. The Labute approximate surface area is 75.6 Å². The van der Waals surface area contributed by atoms with Crippen LogP contribution in [-0.4, -0.2) is 4.98 Å². The Balaban J connectivity index is 2.53. The zero-order chi connectivity index (χ0) is 8.55. The summed E-state index contributed by atoms with van der Waals surface area (Å²) in [4.78, 5) is 4.11. The van der Waals surface area contributed by atoms with Gasteiger partial charge < -0.3 is 0 Å². The van der Waals surface area contributed by atoms with Crippen molar-refractivity contribution in [2.75, 3.05) is 0 Å². The number of pyridine rings is 1. The number of nitrogens with zero attached hydrogens (tertiary/aromatic N) is 1. The Hall–Kier alpha value is -0.630. The molecule has 1 aromatic rings. The third-order valence-corrected chi connectivity index (χ3v) is 2.53. The number of rotatable bonds is 0. The number of alkyl halides is 1. The van der Waals surface area contributed by atoms with Gasteiger partial charge in [0.15, 0.2) is 0 Å². The van der Waals surface area contributed by atoms with E-state index in [2.05, 4.69) is 4.98 Å². The summed E-state index contributed by atoms with van der Waals surface area (Å²) < 4.78 is 13.3. The lowest BCUT2D eigenvalue weighted by atomic mass is 9.94. The number of halogens is 2. The van der Waals surface area contributed by atoms with Crippen molar-refractivity contribution in [3.63, 3.8) is 0 Å². The first-order chi connectivity index (χ1) is 5.79. The molecule has 0 N–H and O–H groups in total. The van der Waals surface area contributed by atoms with Gasteiger partial charge in [-0.05, 0) is 25.3 Å². The first-order valence-electron chi connectivity index (χ1n) is 4.06. The molecule has 0 aliphatic heterocycles. The molecule has 0 bridgehead atoms. The van der Waals surface area contributed by atoms with E-state index in [0.717, 1.165) is 18.5 Å². The fourth-order valence-electron chi connectivity index (χ4n) is 1.61. The van der Waals surface area contributed by atoms with E-state index < -0.39 is 6.17 Å². The van der Waals surface area contributed by atoms with Gasteiger partial charge in [-0.2, -0.15) is 0 Å². The van der Waals surface area contributed by atoms with Gasteiger partial charge in [0.2, 0.25) is 0 Å². The van der Waals surface area contributed by atoms with Gasteiger partial charge in [-0.1, -0.05) is 11.6 Å². The van der Waals surface area contributed by atoms with Crippen LogP contribution in [-0.2, 0) is 6.42 Å². The molecule has 0 fully saturated rings. The second-order valence-electron chi connectivity index (χ2n) is 3.01. The Morgan fingerprint density at radius 3 is 3.17 bits per heavy atom. The van der Waals surface area contributed by atoms with E-state index >= 15 is 0 Å². The molecule has 1 heterocycles. The molecule has 2 rings (SSSR count). The van der Waals surface area contributed by atoms with Gasteiger partial charge in [0.1, 0.15) is 6.17 Å². The van der Waals surface area contributed by atoms with Crippen LogP contribution in [0.2, 0.25) is 5.02 Å². The molecule has 0 saturated heterocycles. The van der Waals surface area contributed by atoms with Gasteiger partial charge in [0.25, 0.3) is 0 Å². The van der Waals surface area contributed by atoms with Gasteiger partial charge in [-0.15, -0.1) is 0 Å². The second kappa shape index (κ2) is 3.02. The summed E-state index contributed by atoms with van der Waals surface area (Å²) in [6, 6.07) is 1.65. The van der Waals surface area contributed by atoms with Crippen LogP contribution in [0.15, 0.2) is 12.3 Å². The largest absolute Gasteiger partial charge is 0.261 e. The third-order valence-electron chi connectivity index (χ3n) is 2.20. The zero-order valence-electron chi connectivity index (χ0n) is 6.56. The number of aryl methyl sites for hydroxylation is 1. The first kappa shape index (κ1) is 7.99. The van der Waals surface area contributed by atoms with E-state index in [9.17, 15) is 4.39 Å². The molecule has 0 radical (unpaired) electrons. The highest BCUT2D eigenvalue weighted by Crippen LogP contribution is 2.35. The van der Waals surface area contributed by atoms with Gasteiger partial charge >= 0.3 is 0 Å². The molecule has 12 heavy (non-hydrogen) atoms. The number of fused-ring (bicyclic) bond motifs is 1. The maximum Gasteiger partial charge on any atom is 0.128 e. The fraction of sp³-hybridized carbons (Fsp3) is 0.444. The van der Waals surface area contributed by atoms with Crippen molar-refractivity contribution >= 4 is 11.6 Å². The van der Waals surface area contributed by atoms with Gasteiger partial charge in [0.05, 0.1) is 5.02 Å². The first-order valence-corrected chi connectivity index (χ1v) is 4.44. The van der Waals surface area contributed by atoms with Crippen LogP contribution in [0.5, 0.6) is 0 Å². The van der Waals surface area contributed by atoms with Crippen LogP contribution >= 0.6 is 11.6 Å². The molecule has 1 atom stereocenters. The van der Waals surface area contributed by atoms with Crippen molar-refractivity contribution in [1.29, 1.82) is 0 Å². The van der Waals surface area contributed by atoms with E-state index in [-0.39, 0.29) is 0 Å². The maximum absolute atomic E-state index is 13.3. The lowest BCUT2D eigenvalue weighted by molar-refractivity contribution is 0.300. The minimum atomic E-state index is -0.907. The maximum atomic E-state index is 13.3. The van der Waals surface area contributed by atoms with Crippen molar-refractivity contribution in [2.45, 2.75) is 25.4 Å². The second-order valence-corrected chi connectivity index (χ2v) is 3.42. The molecule has 1 aromatic heterocycles. The van der Waals surface area contributed by atoms with E-state index in [0.29, 0.717) is 17.0 Å². The highest BCUT2D eigenvalue weighted by atomic mass is 35.5. The SMILES string of the molecule is FC1CCCc2nccc(Cl)c21. The molecule has 1 aliphatic rings. The molecule has 0 saturated carbocycles. The van der Waals surface area contributed by atoms with E-state index in [1.807, 2.05) is 0 Å². The highest BCUT2D eigenvalue weighted by Gasteiger charge is 2.22. The van der Waals surface area contributed by atoms with Gasteiger partial charge in [0, 0.05) is 17.5 Å². The van der Waals surface area contributed by atoms with Crippen molar-refractivity contribution in [2.24, 2.45) is 0 Å². The molecular weight excluding hydrogens is 177 g/mol. The van der Waals surface area contributed by atoms with E-state index in [4.69, 9.17) is 11.6 Å². The van der Waals surface area contributed by atoms with E-state index in [1.165, 1.54) is 0 Å². The number of hydrogen-bond acceptors (Lipinski definition) is 1. The molecule has 0 spiro atoms. The molecular formula is C9H9ClFN. The lowest BCUT2D eigenvalue weighted by Crippen LogP contribution is -2.08. The van der Waals surface area contributed by atoms with Crippen LogP contribution < -0.4 is 0 Å². The zero-order valence-corrected chi connectivity index (χ0v) is 7.31. The topological polar surface area (TPSA) is 12.9 Å². The highest BCUT2D eigenvalue weighted by molar-refractivity contribution is 6.31. The molecule has 3 heteroatoms. The summed E-state index contributed by atoms with van der Waals surface area (Å²) in [6.45, 7) is 0. The smallest absolute Gasteiger partial charge is 0.128 e. The Morgan fingerprint density at radius 1 is 1.58 bits per heavy atom. The minimum Gasteiger partial charge on any atom is -0.261 e. The summed E-state index contributed by atoms with van der Waals surface area (Å²) in [7, 11) is 0. The van der Waals surface area contributed by atoms with Crippen molar-refractivity contribution in [3.8, 4) is 0 Å². The molecule has 1 unspecified atom stereocenters. The molecule has 0 aromatic carbocycles. The Kier molecular flexibility index (Phi) is 2.01. The van der Waals surface area contributed by atoms with Crippen LogP contribution in [0.4, 0.5) is 4.39 Å². The average molecular weight is 186 g/mol. The summed E-state index contributed by atoms with van der Waals surface area (Å²) in [5.74, 6) is 0. The quantitative estimate of drug-likeness (QED) is 0.605. The van der Waals surface area contributed by atoms with Crippen LogP contribution in [0, 0.1) is 0 Å². The van der Waals surface area contributed by atoms with Crippen LogP contribution in [0.25, 0.3) is 0 Å². The standard InChI is InChI=1S/C9H9ClFN/c10-6-4-5-12-8-3-1-2-7(11)9(6)8/h4-5,7H,1-3H2. The summed E-state index contributed by atoms with van der Waals surface area (Å²) >= 11 is 5.86. The van der Waals surface area contributed by atoms with Crippen molar-refractivity contribution < 1.29 is 4.39 Å². The van der Waals surface area contributed by atoms with E-state index in [1.54, 1.807) is 12.3 Å². The lowest BCUT2D eigenvalue weighted by Gasteiger charge is -2.19. The van der Waals surface area contributed by atoms with Crippen molar-refractivity contribution in [3.05, 3.63) is 28.5 Å². The van der Waals surface area contributed by atoms with Crippen molar-refractivity contribution in [1.82, 2.24) is 4.98 Å². The molecule has 0 amide bonds. The minimum absolute atomic E-state index is 0.521. The monoisotopic (exact) mass is 185 g/mol. The number of hydrogen-bond donors (Lipinski definition) is 0. The molecule has 1 aliphatic carbocycles. The average Bonchev–Trinajstić information content (AvgIpc) is 2.04. The van der Waals surface area contributed by atoms with Crippen LogP contribution in [0.3, 0.4) is 0 Å². The molecule has 64 valence electrons. The summed E-state index contributed by atoms with van der Waals surface area (Å²) in [5.41, 5.74) is 1.45. The normalized spacial score (nSPS) is 22.0. The molecule has 1 nitrogen and oxygen atoms in total. The Bertz CT molecular complexity index is 301. The predicted molar refractivity (Wildman–Crippen MR) is 46.0 cm³/mol. The van der Waals surface area contributed by atoms with Gasteiger partial charge in [-0.3, -0.25) is 4.98 Å². The summed E-state index contributed by atoms with van der Waals surface area (Å²) in [6.07, 6.45) is 3.05. The van der Waals surface area contributed by atoms with Crippen LogP contribution in [0.1, 0.15) is 30.3 Å². The summed E-state index contributed by atoms with van der Waals surface area (Å²) in [5, 5.41) is 0.521. The predicted octanol–water partition coefficient (Wildman–Crippen LogP) is 3.08. The Morgan fingerprint density at radius 2 is 2.42 bits per heavy atom. The fourth-order valence-corrected chi connectivity index (χ4v) is 1.90.